The number of carbonyl (C=O) groups excluding carboxylic acids is 1. The highest BCUT2D eigenvalue weighted by atomic mass is 35.5. The second-order valence-electron chi connectivity index (χ2n) is 8.30. The first kappa shape index (κ1) is 27.7. The number of methoxy groups -OCH3 is 1. The molecule has 1 N–H and O–H groups in total. The molecule has 0 aliphatic rings. The van der Waals surface area contributed by atoms with Crippen LogP contribution in [0.3, 0.4) is 0 Å². The standard InChI is InChI=1S/C29H26ClN3O5S/c1-37-26-17-13-25(14-18-26)33(39(35,36)28-5-3-2-4-6-28)20-29(34)32-31-19-22-9-15-27(16-10-22)38-21-23-7-11-24(30)12-8-23/h2-19H,20-21H2,1H3,(H,32,34). The molecule has 0 heterocycles. The van der Waals surface area contributed by atoms with Crippen LogP contribution in [-0.2, 0) is 21.4 Å². The summed E-state index contributed by atoms with van der Waals surface area (Å²) < 4.78 is 38.7. The summed E-state index contributed by atoms with van der Waals surface area (Å²) in [4.78, 5) is 12.8. The van der Waals surface area contributed by atoms with Gasteiger partial charge in [0.25, 0.3) is 15.9 Å². The summed E-state index contributed by atoms with van der Waals surface area (Å²) in [5, 5.41) is 4.65. The molecule has 0 atom stereocenters. The zero-order chi connectivity index (χ0) is 27.7. The molecule has 4 aromatic rings. The molecule has 0 fully saturated rings. The maximum atomic E-state index is 13.4. The van der Waals surface area contributed by atoms with Gasteiger partial charge in [-0.15, -0.1) is 0 Å². The predicted molar refractivity (Wildman–Crippen MR) is 152 cm³/mol. The highest BCUT2D eigenvalue weighted by Crippen LogP contribution is 2.25. The second kappa shape index (κ2) is 12.9. The van der Waals surface area contributed by atoms with Crippen LogP contribution < -0.4 is 19.2 Å². The fraction of sp³-hybridized carbons (Fsp3) is 0.103. The largest absolute Gasteiger partial charge is 0.497 e. The molecule has 200 valence electrons. The van der Waals surface area contributed by atoms with Crippen LogP contribution >= 0.6 is 11.6 Å². The smallest absolute Gasteiger partial charge is 0.264 e. The Balaban J connectivity index is 1.39. The number of halogens is 1. The van der Waals surface area contributed by atoms with Crippen LogP contribution in [0.1, 0.15) is 11.1 Å². The summed E-state index contributed by atoms with van der Waals surface area (Å²) in [7, 11) is -2.50. The van der Waals surface area contributed by atoms with E-state index < -0.39 is 22.5 Å². The molecule has 4 rings (SSSR count). The average Bonchev–Trinajstić information content (AvgIpc) is 2.97. The maximum absolute atomic E-state index is 13.4. The molecule has 8 nitrogen and oxygen atoms in total. The number of nitrogens with zero attached hydrogens (tertiary/aromatic N) is 2. The highest BCUT2D eigenvalue weighted by Gasteiger charge is 2.27. The summed E-state index contributed by atoms with van der Waals surface area (Å²) in [5.41, 5.74) is 4.43. The lowest BCUT2D eigenvalue weighted by Gasteiger charge is -2.23. The zero-order valence-electron chi connectivity index (χ0n) is 21.0. The molecule has 0 radical (unpaired) electrons. The van der Waals surface area contributed by atoms with Gasteiger partial charge in [0.05, 0.1) is 23.9 Å². The summed E-state index contributed by atoms with van der Waals surface area (Å²) in [5.74, 6) is 0.628. The van der Waals surface area contributed by atoms with Crippen LogP contribution in [0.25, 0.3) is 0 Å². The van der Waals surface area contributed by atoms with Crippen molar-refractivity contribution in [3.05, 3.63) is 119 Å². The molecule has 0 aliphatic carbocycles. The lowest BCUT2D eigenvalue weighted by molar-refractivity contribution is -0.119. The first-order valence-corrected chi connectivity index (χ1v) is 13.7. The third kappa shape index (κ3) is 7.59. The van der Waals surface area contributed by atoms with Gasteiger partial charge in [-0.1, -0.05) is 41.9 Å². The molecular formula is C29H26ClN3O5S. The van der Waals surface area contributed by atoms with E-state index in [1.54, 1.807) is 78.9 Å². The maximum Gasteiger partial charge on any atom is 0.264 e. The van der Waals surface area contributed by atoms with Crippen molar-refractivity contribution in [3.63, 3.8) is 0 Å². The average molecular weight is 564 g/mol. The molecule has 0 aliphatic heterocycles. The Morgan fingerprint density at radius 1 is 0.897 bits per heavy atom. The van der Waals surface area contributed by atoms with Crippen LogP contribution in [0, 0.1) is 0 Å². The number of sulfonamides is 1. The van der Waals surface area contributed by atoms with Gasteiger partial charge in [-0.3, -0.25) is 9.10 Å². The van der Waals surface area contributed by atoms with E-state index in [2.05, 4.69) is 10.5 Å². The normalized spacial score (nSPS) is 11.2. The molecule has 1 amide bonds. The summed E-state index contributed by atoms with van der Waals surface area (Å²) in [6.45, 7) is -0.0738. The monoisotopic (exact) mass is 563 g/mol. The van der Waals surface area contributed by atoms with Crippen molar-refractivity contribution < 1.29 is 22.7 Å². The van der Waals surface area contributed by atoms with E-state index in [9.17, 15) is 13.2 Å². The van der Waals surface area contributed by atoms with E-state index in [0.29, 0.717) is 28.8 Å². The molecule has 4 aromatic carbocycles. The molecule has 39 heavy (non-hydrogen) atoms. The van der Waals surface area contributed by atoms with Crippen molar-refractivity contribution in [2.45, 2.75) is 11.5 Å². The zero-order valence-corrected chi connectivity index (χ0v) is 22.6. The minimum absolute atomic E-state index is 0.0653. The van der Waals surface area contributed by atoms with Gasteiger partial charge in [-0.25, -0.2) is 13.8 Å². The summed E-state index contributed by atoms with van der Waals surface area (Å²) in [6.07, 6.45) is 1.46. The fourth-order valence-electron chi connectivity index (χ4n) is 3.53. The van der Waals surface area contributed by atoms with Crippen molar-refractivity contribution in [2.75, 3.05) is 18.0 Å². The number of rotatable bonds is 11. The van der Waals surface area contributed by atoms with Crippen LogP contribution in [0.15, 0.2) is 113 Å². The van der Waals surface area contributed by atoms with E-state index in [0.717, 1.165) is 15.4 Å². The Bertz CT molecular complexity index is 1510. The minimum Gasteiger partial charge on any atom is -0.497 e. The Hall–Kier alpha value is -4.34. The van der Waals surface area contributed by atoms with E-state index in [1.807, 2.05) is 12.1 Å². The van der Waals surface area contributed by atoms with E-state index in [1.165, 1.54) is 25.5 Å². The minimum atomic E-state index is -4.02. The van der Waals surface area contributed by atoms with E-state index >= 15 is 0 Å². The van der Waals surface area contributed by atoms with Crippen LogP contribution in [0.5, 0.6) is 11.5 Å². The van der Waals surface area contributed by atoms with Gasteiger partial charge in [0.2, 0.25) is 0 Å². The number of ether oxygens (including phenoxy) is 2. The Morgan fingerprint density at radius 3 is 2.18 bits per heavy atom. The molecule has 10 heteroatoms. The molecule has 0 saturated carbocycles. The van der Waals surface area contributed by atoms with Gasteiger partial charge in [0, 0.05) is 5.02 Å². The van der Waals surface area contributed by atoms with E-state index in [-0.39, 0.29) is 4.90 Å². The number of amides is 1. The lowest BCUT2D eigenvalue weighted by atomic mass is 10.2. The highest BCUT2D eigenvalue weighted by molar-refractivity contribution is 7.92. The second-order valence-corrected chi connectivity index (χ2v) is 10.6. The number of hydrazone groups is 1. The van der Waals surface area contributed by atoms with Crippen molar-refractivity contribution in [2.24, 2.45) is 5.10 Å². The van der Waals surface area contributed by atoms with Crippen molar-refractivity contribution >= 4 is 39.4 Å². The van der Waals surface area contributed by atoms with Gasteiger partial charge in [0.1, 0.15) is 24.7 Å². The topological polar surface area (TPSA) is 97.3 Å². The molecule has 0 aromatic heterocycles. The summed E-state index contributed by atoms with van der Waals surface area (Å²) in [6, 6.07) is 28.9. The van der Waals surface area contributed by atoms with Gasteiger partial charge in [-0.2, -0.15) is 5.10 Å². The van der Waals surface area contributed by atoms with Crippen molar-refractivity contribution in [3.8, 4) is 11.5 Å². The Labute approximate surface area is 232 Å². The first-order valence-electron chi connectivity index (χ1n) is 11.9. The quantitative estimate of drug-likeness (QED) is 0.198. The third-order valence-electron chi connectivity index (χ3n) is 5.58. The molecule has 0 unspecified atom stereocenters. The number of benzene rings is 4. The molecule has 0 spiro atoms. The SMILES string of the molecule is COc1ccc(N(CC(=O)NN=Cc2ccc(OCc3ccc(Cl)cc3)cc2)S(=O)(=O)c2ccccc2)cc1. The van der Waals surface area contributed by atoms with Gasteiger partial charge < -0.3 is 9.47 Å². The van der Waals surface area contributed by atoms with Gasteiger partial charge in [0.15, 0.2) is 0 Å². The van der Waals surface area contributed by atoms with Crippen LogP contribution in [0.2, 0.25) is 5.02 Å². The molecule has 0 bridgehead atoms. The number of carbonyl (C=O) groups is 1. The number of anilines is 1. The van der Waals surface area contributed by atoms with Crippen molar-refractivity contribution in [1.82, 2.24) is 5.43 Å². The van der Waals surface area contributed by atoms with E-state index in [4.69, 9.17) is 21.1 Å². The number of hydrogen-bond acceptors (Lipinski definition) is 6. The summed E-state index contributed by atoms with van der Waals surface area (Å²) >= 11 is 5.90. The first-order chi connectivity index (χ1) is 18.8. The predicted octanol–water partition coefficient (Wildman–Crippen LogP) is 5.27. The van der Waals surface area contributed by atoms with Crippen molar-refractivity contribution in [1.29, 1.82) is 0 Å². The Kier molecular flexibility index (Phi) is 9.19. The lowest BCUT2D eigenvalue weighted by Crippen LogP contribution is -2.39. The van der Waals surface area contributed by atoms with Crippen LogP contribution in [-0.4, -0.2) is 34.2 Å². The van der Waals surface area contributed by atoms with Gasteiger partial charge >= 0.3 is 0 Å². The van der Waals surface area contributed by atoms with Gasteiger partial charge in [-0.05, 0) is 83.9 Å². The molecular weight excluding hydrogens is 538 g/mol. The molecule has 0 saturated heterocycles. The Morgan fingerprint density at radius 2 is 1.54 bits per heavy atom. The van der Waals surface area contributed by atoms with Crippen LogP contribution in [0.4, 0.5) is 5.69 Å². The third-order valence-corrected chi connectivity index (χ3v) is 7.62. The number of hydrogen-bond donors (Lipinski definition) is 1. The number of nitrogens with one attached hydrogen (secondary N) is 1. The fourth-order valence-corrected chi connectivity index (χ4v) is 5.09.